The Kier molecular flexibility index (Phi) is 2.71. The molecule has 0 saturated carbocycles. The van der Waals surface area contributed by atoms with E-state index < -0.39 is 0 Å². The fraction of sp³-hybridized carbons (Fsp3) is 0. The zero-order valence-electron chi connectivity index (χ0n) is 10.5. The van der Waals surface area contributed by atoms with Crippen LogP contribution in [0.5, 0.6) is 0 Å². The van der Waals surface area contributed by atoms with Crippen molar-refractivity contribution in [3.63, 3.8) is 0 Å². The minimum atomic E-state index is -0.253. The van der Waals surface area contributed by atoms with Gasteiger partial charge in [0.2, 0.25) is 5.65 Å². The molecule has 0 aliphatic rings. The van der Waals surface area contributed by atoms with E-state index in [1.165, 1.54) is 0 Å². The molecule has 0 radical (unpaired) electrons. The van der Waals surface area contributed by atoms with Crippen molar-refractivity contribution in [2.24, 2.45) is 0 Å². The van der Waals surface area contributed by atoms with Gasteiger partial charge in [-0.1, -0.05) is 0 Å². The number of nitriles is 4. The molecule has 0 fully saturated rings. The molecule has 0 N–H and O–H groups in total. The zero-order chi connectivity index (χ0) is 15.7. The summed E-state index contributed by atoms with van der Waals surface area (Å²) in [5.74, 6) is 0. The van der Waals surface area contributed by atoms with E-state index in [9.17, 15) is 10.5 Å². The Balaban J connectivity index is 2.71. The van der Waals surface area contributed by atoms with Crippen LogP contribution in [0.1, 0.15) is 22.4 Å². The third-order valence-electron chi connectivity index (χ3n) is 2.85. The fourth-order valence-corrected chi connectivity index (χ4v) is 1.98. The topological polar surface area (TPSA) is 172 Å². The maximum Gasteiger partial charge on any atom is 0.207 e. The normalized spacial score (nSPS) is 9.64. The van der Waals surface area contributed by atoms with Crippen LogP contribution >= 0.6 is 0 Å². The smallest absolute Gasteiger partial charge is 0.207 e. The third kappa shape index (κ3) is 1.56. The summed E-state index contributed by atoms with van der Waals surface area (Å²) in [5, 5.41) is 50.9. The SMILES string of the molecule is N#Cc1nc2nc3nnnnc3c(C#N)c2c(C#N)c1C#N. The van der Waals surface area contributed by atoms with E-state index in [2.05, 4.69) is 30.6 Å². The lowest BCUT2D eigenvalue weighted by Gasteiger charge is -2.05. The second kappa shape index (κ2) is 4.68. The molecule has 0 atom stereocenters. The van der Waals surface area contributed by atoms with Crippen LogP contribution in [-0.4, -0.2) is 30.6 Å². The molecule has 0 bridgehead atoms. The number of pyridine rings is 2. The van der Waals surface area contributed by atoms with Gasteiger partial charge in [0.05, 0.1) is 16.5 Å². The average Bonchev–Trinajstić information content (AvgIpc) is 2.57. The van der Waals surface area contributed by atoms with Crippen LogP contribution in [0.4, 0.5) is 0 Å². The van der Waals surface area contributed by atoms with Crippen LogP contribution in [0, 0.1) is 45.3 Å². The van der Waals surface area contributed by atoms with E-state index in [-0.39, 0.29) is 44.6 Å². The molecule has 3 aromatic rings. The quantitative estimate of drug-likeness (QED) is 0.505. The number of rotatable bonds is 0. The molecule has 0 unspecified atom stereocenters. The van der Waals surface area contributed by atoms with Crippen molar-refractivity contribution < 1.29 is 0 Å². The molecule has 10 heteroatoms. The molecule has 3 rings (SSSR count). The highest BCUT2D eigenvalue weighted by Crippen LogP contribution is 2.27. The molecule has 10 nitrogen and oxygen atoms in total. The van der Waals surface area contributed by atoms with E-state index in [0.29, 0.717) is 0 Å². The number of hydrogen-bond donors (Lipinski definition) is 0. The highest BCUT2D eigenvalue weighted by Gasteiger charge is 2.21. The van der Waals surface area contributed by atoms with E-state index in [1.807, 2.05) is 12.1 Å². The van der Waals surface area contributed by atoms with Gasteiger partial charge in [0.1, 0.15) is 29.8 Å². The minimum absolute atomic E-state index is 0.00374. The first-order valence-electron chi connectivity index (χ1n) is 5.59. The molecule has 3 heterocycles. The van der Waals surface area contributed by atoms with Crippen molar-refractivity contribution in [1.82, 2.24) is 30.6 Å². The number of hydrogen-bond acceptors (Lipinski definition) is 10. The highest BCUT2D eigenvalue weighted by atomic mass is 15.4. The van der Waals surface area contributed by atoms with Gasteiger partial charge < -0.3 is 0 Å². The Morgan fingerprint density at radius 3 is 1.95 bits per heavy atom. The first-order valence-corrected chi connectivity index (χ1v) is 5.59. The lowest BCUT2D eigenvalue weighted by atomic mass is 10.0. The fourth-order valence-electron chi connectivity index (χ4n) is 1.98. The summed E-state index contributed by atoms with van der Waals surface area (Å²) in [4.78, 5) is 7.95. The summed E-state index contributed by atoms with van der Waals surface area (Å²) in [6, 6.07) is 7.17. The second-order valence-corrected chi connectivity index (χ2v) is 3.89. The van der Waals surface area contributed by atoms with Gasteiger partial charge in [-0.2, -0.15) is 21.0 Å². The van der Waals surface area contributed by atoms with Gasteiger partial charge in [-0.25, -0.2) is 9.97 Å². The Morgan fingerprint density at radius 2 is 1.32 bits per heavy atom. The lowest BCUT2D eigenvalue weighted by molar-refractivity contribution is 0.791. The van der Waals surface area contributed by atoms with E-state index in [0.717, 1.165) is 0 Å². The van der Waals surface area contributed by atoms with Crippen molar-refractivity contribution in [3.8, 4) is 24.3 Å². The van der Waals surface area contributed by atoms with Gasteiger partial charge in [0.25, 0.3) is 0 Å². The highest BCUT2D eigenvalue weighted by molar-refractivity contribution is 5.99. The van der Waals surface area contributed by atoms with Gasteiger partial charge in [-0.15, -0.1) is 10.2 Å². The monoisotopic (exact) mass is 284 g/mol. The summed E-state index contributed by atoms with van der Waals surface area (Å²) in [6.45, 7) is 0. The second-order valence-electron chi connectivity index (χ2n) is 3.89. The van der Waals surface area contributed by atoms with Crippen molar-refractivity contribution in [3.05, 3.63) is 22.4 Å². The van der Waals surface area contributed by atoms with Crippen LogP contribution in [-0.2, 0) is 0 Å². The summed E-state index contributed by atoms with van der Waals surface area (Å²) in [6.07, 6.45) is 0. The van der Waals surface area contributed by atoms with E-state index in [1.54, 1.807) is 12.1 Å². The van der Waals surface area contributed by atoms with Crippen LogP contribution in [0.25, 0.3) is 22.2 Å². The van der Waals surface area contributed by atoms with E-state index >= 15 is 0 Å². The van der Waals surface area contributed by atoms with Crippen molar-refractivity contribution in [2.45, 2.75) is 0 Å². The Labute approximate surface area is 121 Å². The third-order valence-corrected chi connectivity index (χ3v) is 2.85. The van der Waals surface area contributed by atoms with Gasteiger partial charge >= 0.3 is 0 Å². The van der Waals surface area contributed by atoms with Crippen LogP contribution < -0.4 is 0 Å². The average molecular weight is 284 g/mol. The van der Waals surface area contributed by atoms with E-state index in [4.69, 9.17) is 10.5 Å². The van der Waals surface area contributed by atoms with Gasteiger partial charge in [0, 0.05) is 0 Å². The van der Waals surface area contributed by atoms with Crippen molar-refractivity contribution >= 4 is 22.2 Å². The molecule has 0 aromatic carbocycles. The molecule has 0 aliphatic heterocycles. The molecular formula is C12N10. The molecule has 0 amide bonds. The standard InChI is InChI=1S/C12N10/c13-1-5-6(2-14)9-7(3-15)10-12(20-22-21-19-10)18-11(9)17-8(5)4-16. The number of aromatic nitrogens is 6. The first-order chi connectivity index (χ1) is 10.7. The predicted octanol–water partition coefficient (Wildman–Crippen LogP) is -0.150. The summed E-state index contributed by atoms with van der Waals surface area (Å²) < 4.78 is 0. The minimum Gasteiger partial charge on any atom is -0.216 e. The molecule has 22 heavy (non-hydrogen) atoms. The first kappa shape index (κ1) is 12.7. The van der Waals surface area contributed by atoms with Gasteiger partial charge in [-0.05, 0) is 10.4 Å². The van der Waals surface area contributed by atoms with Gasteiger partial charge in [0.15, 0.2) is 16.9 Å². The number of fused-ring (bicyclic) bond motifs is 2. The lowest BCUT2D eigenvalue weighted by Crippen LogP contribution is -2.04. The predicted molar refractivity (Wildman–Crippen MR) is 67.1 cm³/mol. The van der Waals surface area contributed by atoms with Crippen molar-refractivity contribution in [2.75, 3.05) is 0 Å². The molecule has 0 saturated heterocycles. The molecule has 0 aliphatic carbocycles. The number of nitrogens with zero attached hydrogens (tertiary/aromatic N) is 10. The largest absolute Gasteiger partial charge is 0.216 e. The van der Waals surface area contributed by atoms with Crippen LogP contribution in [0.3, 0.4) is 0 Å². The summed E-state index contributed by atoms with van der Waals surface area (Å²) in [7, 11) is 0. The molecular weight excluding hydrogens is 284 g/mol. The zero-order valence-corrected chi connectivity index (χ0v) is 10.5. The Hall–Kier alpha value is -4.28. The Morgan fingerprint density at radius 1 is 0.636 bits per heavy atom. The van der Waals surface area contributed by atoms with Crippen LogP contribution in [0.15, 0.2) is 0 Å². The molecule has 0 spiro atoms. The maximum atomic E-state index is 9.36. The Bertz CT molecular complexity index is 1120. The molecule has 98 valence electrons. The van der Waals surface area contributed by atoms with Crippen molar-refractivity contribution in [1.29, 1.82) is 21.0 Å². The maximum absolute atomic E-state index is 9.36. The summed E-state index contributed by atoms with van der Waals surface area (Å²) >= 11 is 0. The summed E-state index contributed by atoms with van der Waals surface area (Å²) in [5.41, 5.74) is -0.692. The van der Waals surface area contributed by atoms with Gasteiger partial charge in [-0.3, -0.25) is 0 Å². The van der Waals surface area contributed by atoms with Crippen LogP contribution in [0.2, 0.25) is 0 Å². The molecule has 3 aromatic heterocycles.